The van der Waals surface area contributed by atoms with Crippen molar-refractivity contribution in [2.75, 3.05) is 12.0 Å². The van der Waals surface area contributed by atoms with Gasteiger partial charge in [0, 0.05) is 22.4 Å². The van der Waals surface area contributed by atoms with Crippen molar-refractivity contribution in [2.45, 2.75) is 25.2 Å². The normalized spacial score (nSPS) is 26.8. The van der Waals surface area contributed by atoms with Gasteiger partial charge in [-0.2, -0.15) is 0 Å². The van der Waals surface area contributed by atoms with Crippen molar-refractivity contribution < 1.29 is 29.0 Å². The molecule has 6 unspecified atom stereocenters. The Labute approximate surface area is 306 Å². The molecule has 4 aromatic carbocycles. The molecule has 2 amide bonds. The zero-order valence-corrected chi connectivity index (χ0v) is 29.4. The summed E-state index contributed by atoms with van der Waals surface area (Å²) in [6.07, 6.45) is 7.90. The number of halogens is 1. The number of phenols is 1. The molecule has 0 aromatic heterocycles. The number of imide groups is 1. The molecule has 1 saturated heterocycles. The van der Waals surface area contributed by atoms with Crippen molar-refractivity contribution in [3.05, 3.63) is 148 Å². The van der Waals surface area contributed by atoms with Crippen LogP contribution in [0.2, 0.25) is 5.02 Å². The molecule has 1 saturated carbocycles. The van der Waals surface area contributed by atoms with Crippen LogP contribution in [0.1, 0.15) is 35.1 Å². The van der Waals surface area contributed by atoms with E-state index < -0.39 is 35.0 Å². The molecule has 1 aliphatic heterocycles. The van der Waals surface area contributed by atoms with E-state index >= 15 is 9.59 Å². The van der Waals surface area contributed by atoms with Gasteiger partial charge in [0.2, 0.25) is 11.8 Å². The van der Waals surface area contributed by atoms with Crippen LogP contribution in [-0.2, 0) is 24.6 Å². The Morgan fingerprint density at radius 2 is 1.62 bits per heavy atom. The molecule has 8 rings (SSSR count). The molecule has 4 aliphatic rings. The molecule has 1 heterocycles. The van der Waals surface area contributed by atoms with E-state index in [0.717, 1.165) is 16.7 Å². The lowest BCUT2D eigenvalue weighted by Gasteiger charge is -2.54. The van der Waals surface area contributed by atoms with Crippen LogP contribution < -0.4 is 9.64 Å². The van der Waals surface area contributed by atoms with Gasteiger partial charge < -0.3 is 9.84 Å². The van der Waals surface area contributed by atoms with Crippen molar-refractivity contribution in [1.29, 1.82) is 0 Å². The van der Waals surface area contributed by atoms with Crippen molar-refractivity contribution >= 4 is 52.3 Å². The van der Waals surface area contributed by atoms with Gasteiger partial charge in [0.25, 0.3) is 0 Å². The number of aromatic hydroxyl groups is 1. The van der Waals surface area contributed by atoms with E-state index in [1.54, 1.807) is 36.4 Å². The van der Waals surface area contributed by atoms with Crippen molar-refractivity contribution in [3.63, 3.8) is 0 Å². The lowest BCUT2D eigenvalue weighted by molar-refractivity contribution is -0.135. The number of methoxy groups -OCH3 is 1. The average Bonchev–Trinajstić information content (AvgIpc) is 3.42. The number of carbonyl (C=O) groups is 4. The van der Waals surface area contributed by atoms with Crippen LogP contribution in [0.25, 0.3) is 11.6 Å². The molecule has 3 aliphatic carbocycles. The fraction of sp³-hybridized carbons (Fsp3) is 0.227. The summed E-state index contributed by atoms with van der Waals surface area (Å²) in [5.41, 5.74) is 3.23. The first kappa shape index (κ1) is 33.6. The molecule has 6 atom stereocenters. The number of fused-ring (bicyclic) bond motifs is 4. The molecular formula is C44H36ClNO6. The first-order chi connectivity index (χ1) is 25.1. The van der Waals surface area contributed by atoms with Gasteiger partial charge in [0.1, 0.15) is 0 Å². The van der Waals surface area contributed by atoms with E-state index in [2.05, 4.69) is 0 Å². The molecule has 7 nitrogen and oxygen atoms in total. The van der Waals surface area contributed by atoms with Crippen molar-refractivity contribution in [3.8, 4) is 11.5 Å². The second kappa shape index (κ2) is 12.9. The van der Waals surface area contributed by atoms with Gasteiger partial charge in [-0.25, -0.2) is 4.90 Å². The maximum absolute atomic E-state index is 15.1. The molecule has 260 valence electrons. The lowest BCUT2D eigenvalue weighted by atomic mass is 9.45. The first-order valence-electron chi connectivity index (χ1n) is 17.5. The Morgan fingerprint density at radius 1 is 0.885 bits per heavy atom. The number of rotatable bonds is 6. The zero-order valence-electron chi connectivity index (χ0n) is 28.7. The van der Waals surface area contributed by atoms with E-state index in [9.17, 15) is 14.7 Å². The summed E-state index contributed by atoms with van der Waals surface area (Å²) in [7, 11) is 1.48. The summed E-state index contributed by atoms with van der Waals surface area (Å²) in [4.78, 5) is 60.0. The summed E-state index contributed by atoms with van der Waals surface area (Å²) in [5, 5.41) is 10.7. The smallest absolute Gasteiger partial charge is 0.238 e. The lowest BCUT2D eigenvalue weighted by Crippen LogP contribution is -2.59. The van der Waals surface area contributed by atoms with Crippen LogP contribution in [-0.4, -0.2) is 35.6 Å². The predicted octanol–water partition coefficient (Wildman–Crippen LogP) is 7.94. The topological polar surface area (TPSA) is 101 Å². The summed E-state index contributed by atoms with van der Waals surface area (Å²) in [6, 6.07) is 28.8. The Bertz CT molecular complexity index is 2240. The number of amides is 2. The third kappa shape index (κ3) is 5.09. The van der Waals surface area contributed by atoms with Gasteiger partial charge in [0.15, 0.2) is 23.1 Å². The quantitative estimate of drug-likeness (QED) is 0.161. The van der Waals surface area contributed by atoms with E-state index in [-0.39, 0.29) is 35.6 Å². The second-order valence-electron chi connectivity index (χ2n) is 14.1. The summed E-state index contributed by atoms with van der Waals surface area (Å²) in [6.45, 7) is 1.86. The van der Waals surface area contributed by atoms with Crippen LogP contribution in [0.3, 0.4) is 0 Å². The van der Waals surface area contributed by atoms with E-state index in [0.29, 0.717) is 39.6 Å². The number of anilines is 1. The van der Waals surface area contributed by atoms with Gasteiger partial charge >= 0.3 is 0 Å². The fourth-order valence-corrected chi connectivity index (χ4v) is 9.28. The molecule has 2 fully saturated rings. The molecule has 52 heavy (non-hydrogen) atoms. The van der Waals surface area contributed by atoms with Crippen LogP contribution in [0.15, 0.2) is 121 Å². The number of ether oxygens (including phenoxy) is 1. The third-order valence-electron chi connectivity index (χ3n) is 11.5. The highest BCUT2D eigenvalue weighted by Crippen LogP contribution is 2.61. The van der Waals surface area contributed by atoms with E-state index in [1.807, 2.05) is 85.8 Å². The number of allylic oxidation sites excluding steroid dienone is 5. The van der Waals surface area contributed by atoms with Gasteiger partial charge in [-0.3, -0.25) is 19.2 Å². The molecule has 0 spiro atoms. The second-order valence-corrected chi connectivity index (χ2v) is 14.5. The number of benzene rings is 4. The Morgan fingerprint density at radius 3 is 2.33 bits per heavy atom. The number of aryl methyl sites for hydroxylation is 1. The number of nitrogens with zero attached hydrogens (tertiary/aromatic N) is 1. The fourth-order valence-electron chi connectivity index (χ4n) is 9.10. The highest BCUT2D eigenvalue weighted by Gasteiger charge is 2.65. The Hall–Kier alpha value is -5.53. The van der Waals surface area contributed by atoms with Gasteiger partial charge in [-0.15, -0.1) is 0 Å². The van der Waals surface area contributed by atoms with Crippen LogP contribution in [0.5, 0.6) is 11.5 Å². The first-order valence-corrected chi connectivity index (χ1v) is 17.8. The minimum absolute atomic E-state index is 0.00491. The molecule has 4 aromatic rings. The summed E-state index contributed by atoms with van der Waals surface area (Å²) >= 11 is 6.46. The summed E-state index contributed by atoms with van der Waals surface area (Å²) in [5.74, 6) is -3.98. The molecule has 0 radical (unpaired) electrons. The Kier molecular flexibility index (Phi) is 8.34. The van der Waals surface area contributed by atoms with Crippen LogP contribution in [0, 0.1) is 36.5 Å². The Balaban J connectivity index is 1.32. The number of ketones is 2. The maximum atomic E-state index is 15.1. The van der Waals surface area contributed by atoms with Crippen molar-refractivity contribution in [2.24, 2.45) is 29.6 Å². The minimum Gasteiger partial charge on any atom is -0.504 e. The average molecular weight is 710 g/mol. The van der Waals surface area contributed by atoms with Gasteiger partial charge in [0.05, 0.1) is 30.0 Å². The van der Waals surface area contributed by atoms with Crippen LogP contribution in [0.4, 0.5) is 5.69 Å². The minimum atomic E-state index is -1.32. The number of hydrogen-bond acceptors (Lipinski definition) is 6. The summed E-state index contributed by atoms with van der Waals surface area (Å²) < 4.78 is 5.37. The van der Waals surface area contributed by atoms with E-state index in [4.69, 9.17) is 16.3 Å². The number of Topliss-reactive ketones (excluding diaryl/α,β-unsaturated/α-hetero) is 1. The SMILES string of the molecule is COc1cc(C=CC2C3=CCC4C(=O)N(c5ccc(C)c(Cl)c5)C(=O)C4C3CC3C(=O)C(c4ccccc4)=CC(=O)C23c2ccccc2)ccc1O. The number of phenolic OH excluding ortho intramolecular Hbond substituents is 1. The molecule has 8 heteroatoms. The predicted molar refractivity (Wildman–Crippen MR) is 200 cm³/mol. The zero-order chi connectivity index (χ0) is 36.3. The standard InChI is InChI=1S/C44H36ClNO6/c1-25-13-16-29(22-36(25)45)46-42(50)31-18-17-30-33(40(31)43(46)51)23-35-41(49)32(27-9-5-3-6-10-27)24-39(48)44(35,28-11-7-4-8-12-28)34(30)19-14-26-15-20-37(47)38(21-26)52-2/h3-17,19-22,24,31,33-35,40,47H,18,23H2,1-2H3. The molecule has 1 N–H and O–H groups in total. The van der Waals surface area contributed by atoms with E-state index in [1.165, 1.54) is 18.1 Å². The van der Waals surface area contributed by atoms with Gasteiger partial charge in [-0.1, -0.05) is 108 Å². The molecule has 0 bridgehead atoms. The maximum Gasteiger partial charge on any atom is 0.238 e. The molecular weight excluding hydrogens is 674 g/mol. The van der Waals surface area contributed by atoms with Gasteiger partial charge in [-0.05, 0) is 78.3 Å². The van der Waals surface area contributed by atoms with Crippen LogP contribution >= 0.6 is 11.6 Å². The highest BCUT2D eigenvalue weighted by atomic mass is 35.5. The highest BCUT2D eigenvalue weighted by molar-refractivity contribution is 6.33. The third-order valence-corrected chi connectivity index (χ3v) is 11.9. The monoisotopic (exact) mass is 709 g/mol. The largest absolute Gasteiger partial charge is 0.504 e. The van der Waals surface area contributed by atoms with Crippen molar-refractivity contribution in [1.82, 2.24) is 0 Å². The number of carbonyl (C=O) groups excluding carboxylic acids is 4. The number of hydrogen-bond donors (Lipinski definition) is 1.